The van der Waals surface area contributed by atoms with Crippen LogP contribution in [0.4, 0.5) is 0 Å². The summed E-state index contributed by atoms with van der Waals surface area (Å²) in [6.07, 6.45) is 2.46. The van der Waals surface area contributed by atoms with E-state index in [0.29, 0.717) is 11.9 Å². The molecule has 3 aromatic rings. The molecular weight excluding hydrogens is 284 g/mol. The first-order valence-electron chi connectivity index (χ1n) is 6.70. The zero-order valence-electron chi connectivity index (χ0n) is 11.4. The molecule has 0 amide bonds. The fourth-order valence-electron chi connectivity index (χ4n) is 2.52. The van der Waals surface area contributed by atoms with Crippen LogP contribution in [0.2, 0.25) is 0 Å². The molecule has 21 heavy (non-hydrogen) atoms. The zero-order valence-corrected chi connectivity index (χ0v) is 12.3. The molecular formula is C16H16N2O2S. The number of para-hydroxylation sites is 1. The third-order valence-corrected chi connectivity index (χ3v) is 4.48. The molecule has 0 aliphatic rings. The van der Waals surface area contributed by atoms with Crippen LogP contribution in [-0.4, -0.2) is 13.0 Å². The molecule has 0 bridgehead atoms. The van der Waals surface area contributed by atoms with Crippen molar-refractivity contribution in [3.8, 4) is 0 Å². The van der Waals surface area contributed by atoms with Crippen LogP contribution in [0.1, 0.15) is 5.56 Å². The van der Waals surface area contributed by atoms with Gasteiger partial charge in [0.2, 0.25) is 10.0 Å². The average molecular weight is 300 g/mol. The van der Waals surface area contributed by atoms with Crippen molar-refractivity contribution in [3.63, 3.8) is 0 Å². The van der Waals surface area contributed by atoms with Crippen molar-refractivity contribution in [1.82, 2.24) is 4.57 Å². The topological polar surface area (TPSA) is 65.1 Å². The van der Waals surface area contributed by atoms with E-state index >= 15 is 0 Å². The van der Waals surface area contributed by atoms with Crippen LogP contribution in [0.3, 0.4) is 0 Å². The van der Waals surface area contributed by atoms with Gasteiger partial charge in [-0.3, -0.25) is 0 Å². The van der Waals surface area contributed by atoms with Gasteiger partial charge in [-0.25, -0.2) is 13.6 Å². The van der Waals surface area contributed by atoms with Crippen LogP contribution >= 0.6 is 0 Å². The maximum Gasteiger partial charge on any atom is 0.240 e. The van der Waals surface area contributed by atoms with Gasteiger partial charge >= 0.3 is 0 Å². The Morgan fingerprint density at radius 1 is 0.952 bits per heavy atom. The standard InChI is InChI=1S/C16H16N2O2S/c17-21(19,20)16-12-18(15-9-5-4-8-14(15)16)11-10-13-6-2-1-3-7-13/h1-9,12H,10-11H2,(H2,17,19,20). The van der Waals surface area contributed by atoms with Crippen molar-refractivity contribution in [1.29, 1.82) is 0 Å². The van der Waals surface area contributed by atoms with Gasteiger partial charge in [-0.1, -0.05) is 48.5 Å². The van der Waals surface area contributed by atoms with Crippen LogP contribution in [0.5, 0.6) is 0 Å². The van der Waals surface area contributed by atoms with Gasteiger partial charge in [-0.15, -0.1) is 0 Å². The molecule has 0 saturated carbocycles. The lowest BCUT2D eigenvalue weighted by atomic mass is 10.1. The third-order valence-electron chi connectivity index (χ3n) is 3.54. The van der Waals surface area contributed by atoms with E-state index in [1.54, 1.807) is 12.3 Å². The Balaban J connectivity index is 1.99. The lowest BCUT2D eigenvalue weighted by Gasteiger charge is -2.05. The van der Waals surface area contributed by atoms with Gasteiger partial charge in [0.05, 0.1) is 0 Å². The summed E-state index contributed by atoms with van der Waals surface area (Å²) in [5.74, 6) is 0. The first-order valence-corrected chi connectivity index (χ1v) is 8.25. The van der Waals surface area contributed by atoms with Gasteiger partial charge in [0, 0.05) is 23.6 Å². The molecule has 1 aromatic heterocycles. The quantitative estimate of drug-likeness (QED) is 0.804. The number of nitrogens with two attached hydrogens (primary N) is 1. The molecule has 108 valence electrons. The van der Waals surface area contributed by atoms with Crippen LogP contribution in [-0.2, 0) is 23.0 Å². The number of primary sulfonamides is 1. The number of hydrogen-bond acceptors (Lipinski definition) is 2. The molecule has 0 aliphatic carbocycles. The van der Waals surface area contributed by atoms with E-state index < -0.39 is 10.0 Å². The fraction of sp³-hybridized carbons (Fsp3) is 0.125. The molecule has 0 saturated heterocycles. The molecule has 4 nitrogen and oxygen atoms in total. The first kappa shape index (κ1) is 13.9. The van der Waals surface area contributed by atoms with Gasteiger partial charge in [0.1, 0.15) is 4.90 Å². The van der Waals surface area contributed by atoms with Crippen molar-refractivity contribution in [2.45, 2.75) is 17.9 Å². The Morgan fingerprint density at radius 3 is 2.33 bits per heavy atom. The monoisotopic (exact) mass is 300 g/mol. The number of nitrogens with zero attached hydrogens (tertiary/aromatic N) is 1. The van der Waals surface area contributed by atoms with Crippen molar-refractivity contribution in [2.75, 3.05) is 0 Å². The summed E-state index contributed by atoms with van der Waals surface area (Å²) < 4.78 is 25.3. The van der Waals surface area contributed by atoms with E-state index in [-0.39, 0.29) is 4.90 Å². The number of rotatable bonds is 4. The summed E-state index contributed by atoms with van der Waals surface area (Å²) in [6, 6.07) is 17.5. The highest BCUT2D eigenvalue weighted by molar-refractivity contribution is 7.89. The SMILES string of the molecule is NS(=O)(=O)c1cn(CCc2ccccc2)c2ccccc12. The van der Waals surface area contributed by atoms with Gasteiger partial charge < -0.3 is 4.57 Å². The summed E-state index contributed by atoms with van der Waals surface area (Å²) >= 11 is 0. The highest BCUT2D eigenvalue weighted by Crippen LogP contribution is 2.24. The number of hydrogen-bond donors (Lipinski definition) is 1. The number of aromatic nitrogens is 1. The molecule has 0 unspecified atom stereocenters. The summed E-state index contributed by atoms with van der Waals surface area (Å²) in [5.41, 5.74) is 2.10. The molecule has 2 N–H and O–H groups in total. The van der Waals surface area contributed by atoms with Crippen molar-refractivity contribution in [2.24, 2.45) is 5.14 Å². The van der Waals surface area contributed by atoms with Gasteiger partial charge in [-0.2, -0.15) is 0 Å². The minimum absolute atomic E-state index is 0.186. The smallest absolute Gasteiger partial charge is 0.240 e. The fourth-order valence-corrected chi connectivity index (χ4v) is 3.27. The summed E-state index contributed by atoms with van der Waals surface area (Å²) in [5, 5.41) is 5.98. The molecule has 0 fully saturated rings. The summed E-state index contributed by atoms with van der Waals surface area (Å²) in [6.45, 7) is 0.708. The van der Waals surface area contributed by atoms with Crippen molar-refractivity contribution in [3.05, 3.63) is 66.4 Å². The van der Waals surface area contributed by atoms with E-state index in [1.807, 2.05) is 41.0 Å². The van der Waals surface area contributed by atoms with Crippen LogP contribution < -0.4 is 5.14 Å². The second-order valence-corrected chi connectivity index (χ2v) is 6.51. The highest BCUT2D eigenvalue weighted by Gasteiger charge is 2.16. The molecule has 5 heteroatoms. The molecule has 0 spiro atoms. The number of fused-ring (bicyclic) bond motifs is 1. The minimum Gasteiger partial charge on any atom is -0.346 e. The molecule has 0 atom stereocenters. The molecule has 0 radical (unpaired) electrons. The van der Waals surface area contributed by atoms with E-state index in [4.69, 9.17) is 5.14 Å². The Hall–Kier alpha value is -2.11. The minimum atomic E-state index is -3.71. The normalized spacial score (nSPS) is 11.9. The lowest BCUT2D eigenvalue weighted by molar-refractivity contribution is 0.597. The van der Waals surface area contributed by atoms with Gasteiger partial charge in [-0.05, 0) is 18.1 Å². The Kier molecular flexibility index (Phi) is 3.53. The average Bonchev–Trinajstić information content (AvgIpc) is 2.85. The van der Waals surface area contributed by atoms with E-state index in [1.165, 1.54) is 5.56 Å². The largest absolute Gasteiger partial charge is 0.346 e. The predicted molar refractivity (Wildman–Crippen MR) is 83.5 cm³/mol. The van der Waals surface area contributed by atoms with E-state index in [0.717, 1.165) is 11.9 Å². The van der Waals surface area contributed by atoms with E-state index in [2.05, 4.69) is 12.1 Å². The van der Waals surface area contributed by atoms with Crippen LogP contribution in [0.15, 0.2) is 65.7 Å². The maximum absolute atomic E-state index is 11.7. The Morgan fingerprint density at radius 2 is 1.62 bits per heavy atom. The van der Waals surface area contributed by atoms with Gasteiger partial charge in [0.25, 0.3) is 0 Å². The zero-order chi connectivity index (χ0) is 14.9. The van der Waals surface area contributed by atoms with Crippen LogP contribution in [0, 0.1) is 0 Å². The second kappa shape index (κ2) is 5.35. The molecule has 1 heterocycles. The van der Waals surface area contributed by atoms with Crippen LogP contribution in [0.25, 0.3) is 10.9 Å². The molecule has 3 rings (SSSR count). The highest BCUT2D eigenvalue weighted by atomic mass is 32.2. The Bertz CT molecular complexity index is 868. The van der Waals surface area contributed by atoms with Crippen molar-refractivity contribution >= 4 is 20.9 Å². The number of benzene rings is 2. The third kappa shape index (κ3) is 2.84. The summed E-state index contributed by atoms with van der Waals surface area (Å²) in [4.78, 5) is 0.186. The molecule has 0 aliphatic heterocycles. The maximum atomic E-state index is 11.7. The van der Waals surface area contributed by atoms with Gasteiger partial charge in [0.15, 0.2) is 0 Å². The molecule has 2 aromatic carbocycles. The predicted octanol–water partition coefficient (Wildman–Crippen LogP) is 2.53. The first-order chi connectivity index (χ1) is 10.1. The second-order valence-electron chi connectivity index (χ2n) is 4.98. The summed E-state index contributed by atoms with van der Waals surface area (Å²) in [7, 11) is -3.71. The van der Waals surface area contributed by atoms with Crippen molar-refractivity contribution < 1.29 is 8.42 Å². The van der Waals surface area contributed by atoms with E-state index in [9.17, 15) is 8.42 Å². The Labute approximate surface area is 123 Å². The lowest BCUT2D eigenvalue weighted by Crippen LogP contribution is -2.11. The number of sulfonamides is 1. The number of aryl methyl sites for hydroxylation is 2.